The zero-order valence-electron chi connectivity index (χ0n) is 12.7. The van der Waals surface area contributed by atoms with Crippen molar-refractivity contribution in [3.05, 3.63) is 68.8 Å². The van der Waals surface area contributed by atoms with E-state index in [9.17, 15) is 14.7 Å². The first-order valence-corrected chi connectivity index (χ1v) is 7.47. The first-order valence-electron chi connectivity index (χ1n) is 7.09. The maximum Gasteiger partial charge on any atom is 0.349 e. The van der Waals surface area contributed by atoms with Crippen LogP contribution in [0.3, 0.4) is 0 Å². The van der Waals surface area contributed by atoms with Crippen LogP contribution in [0, 0.1) is 6.92 Å². The Kier molecular flexibility index (Phi) is 4.33. The number of halogens is 1. The molecule has 0 saturated heterocycles. The molecule has 0 radical (unpaired) electrons. The molecule has 0 fully saturated rings. The molecule has 0 atom stereocenters. The van der Waals surface area contributed by atoms with Crippen molar-refractivity contribution in [2.24, 2.45) is 0 Å². The number of aryl methyl sites for hydroxylation is 1. The Morgan fingerprint density at radius 3 is 2.88 bits per heavy atom. The molecule has 3 rings (SSSR count). The van der Waals surface area contributed by atoms with Gasteiger partial charge in [-0.2, -0.15) is 0 Å². The van der Waals surface area contributed by atoms with Crippen LogP contribution in [0.15, 0.2) is 45.7 Å². The summed E-state index contributed by atoms with van der Waals surface area (Å²) in [6.07, 6.45) is 1.48. The smallest absolute Gasteiger partial charge is 0.349 e. The Morgan fingerprint density at radius 1 is 1.38 bits per heavy atom. The maximum absolute atomic E-state index is 12.4. The molecule has 2 aromatic heterocycles. The van der Waals surface area contributed by atoms with E-state index in [1.807, 2.05) is 0 Å². The van der Waals surface area contributed by atoms with Gasteiger partial charge in [-0.1, -0.05) is 17.7 Å². The second-order valence-electron chi connectivity index (χ2n) is 5.18. The number of carbonyl (C=O) groups excluding carboxylic acids is 1. The lowest BCUT2D eigenvalue weighted by Gasteiger charge is -2.08. The van der Waals surface area contributed by atoms with E-state index in [2.05, 4.69) is 10.3 Å². The van der Waals surface area contributed by atoms with E-state index < -0.39 is 11.5 Å². The molecule has 0 spiro atoms. The number of hydrogen-bond donors (Lipinski definition) is 2. The van der Waals surface area contributed by atoms with Crippen LogP contribution in [-0.4, -0.2) is 16.0 Å². The third-order valence-electron chi connectivity index (χ3n) is 3.53. The van der Waals surface area contributed by atoms with Crippen LogP contribution >= 0.6 is 11.6 Å². The second kappa shape index (κ2) is 6.43. The highest BCUT2D eigenvalue weighted by Gasteiger charge is 2.17. The van der Waals surface area contributed by atoms with Crippen molar-refractivity contribution >= 4 is 34.2 Å². The zero-order chi connectivity index (χ0) is 17.3. The highest BCUT2D eigenvalue weighted by Crippen LogP contribution is 2.21. The molecule has 2 heterocycles. The minimum Gasteiger partial charge on any atom is -0.420 e. The maximum atomic E-state index is 12.4. The normalized spacial score (nSPS) is 10.8. The first kappa shape index (κ1) is 16.2. The van der Waals surface area contributed by atoms with Gasteiger partial charge in [-0.15, -0.1) is 0 Å². The standard InChI is InChI=1S/C17H13ClN2O4/c1-9-15-13(10(8-21)7-19-9)6-14(17(23)24-15)16(22)20-12-4-2-3-11(18)5-12/h2-7,21H,8H2,1H3,(H,20,22). The van der Waals surface area contributed by atoms with Gasteiger partial charge in [-0.3, -0.25) is 9.78 Å². The Bertz CT molecular complexity index is 998. The molecular formula is C17H13ClN2O4. The number of fused-ring (bicyclic) bond motifs is 1. The number of carbonyl (C=O) groups is 1. The van der Waals surface area contributed by atoms with Crippen LogP contribution in [0.4, 0.5) is 5.69 Å². The predicted octanol–water partition coefficient (Wildman–Crippen LogP) is 2.89. The van der Waals surface area contributed by atoms with Crippen LogP contribution in [0.2, 0.25) is 5.02 Å². The average molecular weight is 345 g/mol. The van der Waals surface area contributed by atoms with E-state index in [0.29, 0.717) is 27.4 Å². The van der Waals surface area contributed by atoms with Gasteiger partial charge in [0.25, 0.3) is 5.91 Å². The Balaban J connectivity index is 2.07. The Morgan fingerprint density at radius 2 is 2.17 bits per heavy atom. The van der Waals surface area contributed by atoms with E-state index >= 15 is 0 Å². The van der Waals surface area contributed by atoms with Crippen LogP contribution < -0.4 is 10.9 Å². The molecule has 2 N–H and O–H groups in total. The molecule has 6 nitrogen and oxygen atoms in total. The second-order valence-corrected chi connectivity index (χ2v) is 5.62. The minimum absolute atomic E-state index is 0.164. The fourth-order valence-electron chi connectivity index (χ4n) is 2.33. The van der Waals surface area contributed by atoms with Gasteiger partial charge in [0.1, 0.15) is 5.56 Å². The third kappa shape index (κ3) is 3.02. The molecule has 3 aromatic rings. The summed E-state index contributed by atoms with van der Waals surface area (Å²) >= 11 is 5.87. The third-order valence-corrected chi connectivity index (χ3v) is 3.77. The molecule has 122 valence electrons. The van der Waals surface area contributed by atoms with Crippen LogP contribution in [0.25, 0.3) is 11.0 Å². The molecule has 0 saturated carbocycles. The summed E-state index contributed by atoms with van der Waals surface area (Å²) in [6.45, 7) is 1.39. The molecule has 7 heteroatoms. The number of benzene rings is 1. The van der Waals surface area contributed by atoms with Crippen LogP contribution in [-0.2, 0) is 6.61 Å². The number of aromatic nitrogens is 1. The number of nitrogens with one attached hydrogen (secondary N) is 1. The van der Waals surface area contributed by atoms with Crippen molar-refractivity contribution in [1.82, 2.24) is 4.98 Å². The molecule has 1 aromatic carbocycles. The average Bonchev–Trinajstić information content (AvgIpc) is 2.55. The minimum atomic E-state index is -0.776. The first-order chi connectivity index (χ1) is 11.5. The Labute approximate surface area is 141 Å². The quantitative estimate of drug-likeness (QED) is 0.762. The number of amides is 1. The van der Waals surface area contributed by atoms with E-state index in [1.54, 1.807) is 31.2 Å². The summed E-state index contributed by atoms with van der Waals surface area (Å²) in [7, 11) is 0. The SMILES string of the molecule is Cc1ncc(CO)c2cc(C(=O)Nc3cccc(Cl)c3)c(=O)oc12. The van der Waals surface area contributed by atoms with E-state index in [-0.39, 0.29) is 17.8 Å². The lowest BCUT2D eigenvalue weighted by molar-refractivity contribution is 0.102. The number of pyridine rings is 1. The molecule has 0 bridgehead atoms. The highest BCUT2D eigenvalue weighted by atomic mass is 35.5. The van der Waals surface area contributed by atoms with Crippen molar-refractivity contribution in [2.45, 2.75) is 13.5 Å². The summed E-state index contributed by atoms with van der Waals surface area (Å²) in [5.41, 5.74) is 0.744. The molecule has 0 aliphatic heterocycles. The summed E-state index contributed by atoms with van der Waals surface area (Å²) in [4.78, 5) is 28.6. The monoisotopic (exact) mass is 344 g/mol. The topological polar surface area (TPSA) is 92.4 Å². The lowest BCUT2D eigenvalue weighted by Crippen LogP contribution is -2.21. The van der Waals surface area contributed by atoms with Gasteiger partial charge in [0.05, 0.1) is 12.3 Å². The molecule has 1 amide bonds. The molecule has 0 aliphatic carbocycles. The van der Waals surface area contributed by atoms with Gasteiger partial charge in [0.15, 0.2) is 5.58 Å². The largest absolute Gasteiger partial charge is 0.420 e. The summed E-state index contributed by atoms with van der Waals surface area (Å²) in [6, 6.07) is 7.97. The summed E-state index contributed by atoms with van der Waals surface area (Å²) < 4.78 is 5.23. The van der Waals surface area contributed by atoms with Gasteiger partial charge < -0.3 is 14.8 Å². The fourth-order valence-corrected chi connectivity index (χ4v) is 2.52. The van der Waals surface area contributed by atoms with Gasteiger partial charge in [-0.25, -0.2) is 4.79 Å². The van der Waals surface area contributed by atoms with Gasteiger partial charge in [0.2, 0.25) is 0 Å². The highest BCUT2D eigenvalue weighted by molar-refractivity contribution is 6.31. The fraction of sp³-hybridized carbons (Fsp3) is 0.118. The van der Waals surface area contributed by atoms with Crippen LogP contribution in [0.5, 0.6) is 0 Å². The molecule has 0 aliphatic rings. The van der Waals surface area contributed by atoms with E-state index in [0.717, 1.165) is 0 Å². The van der Waals surface area contributed by atoms with Crippen molar-refractivity contribution in [2.75, 3.05) is 5.32 Å². The number of rotatable bonds is 3. The molecule has 0 unspecified atom stereocenters. The van der Waals surface area contributed by atoms with Gasteiger partial charge in [-0.05, 0) is 31.2 Å². The van der Waals surface area contributed by atoms with Crippen molar-refractivity contribution in [3.63, 3.8) is 0 Å². The molecular weight excluding hydrogens is 332 g/mol. The lowest BCUT2D eigenvalue weighted by atomic mass is 10.1. The summed E-state index contributed by atoms with van der Waals surface area (Å²) in [5, 5.41) is 12.9. The number of hydrogen-bond acceptors (Lipinski definition) is 5. The van der Waals surface area contributed by atoms with Crippen molar-refractivity contribution in [1.29, 1.82) is 0 Å². The number of aliphatic hydroxyl groups is 1. The molecule has 24 heavy (non-hydrogen) atoms. The van der Waals surface area contributed by atoms with E-state index in [4.69, 9.17) is 16.0 Å². The van der Waals surface area contributed by atoms with Gasteiger partial charge in [0, 0.05) is 27.9 Å². The van der Waals surface area contributed by atoms with Crippen molar-refractivity contribution in [3.8, 4) is 0 Å². The van der Waals surface area contributed by atoms with E-state index in [1.165, 1.54) is 12.3 Å². The number of nitrogens with zero attached hydrogens (tertiary/aromatic N) is 1. The van der Waals surface area contributed by atoms with Crippen molar-refractivity contribution < 1.29 is 14.3 Å². The Hall–Kier alpha value is -2.70. The van der Waals surface area contributed by atoms with Crippen LogP contribution in [0.1, 0.15) is 21.6 Å². The number of anilines is 1. The predicted molar refractivity (Wildman–Crippen MR) is 90.3 cm³/mol. The summed E-state index contributed by atoms with van der Waals surface area (Å²) in [5.74, 6) is -0.619. The van der Waals surface area contributed by atoms with Gasteiger partial charge >= 0.3 is 5.63 Å². The number of aliphatic hydroxyl groups excluding tert-OH is 1. The zero-order valence-corrected chi connectivity index (χ0v) is 13.4.